The summed E-state index contributed by atoms with van der Waals surface area (Å²) in [6.45, 7) is 5.32. The monoisotopic (exact) mass is 470 g/mol. The van der Waals surface area contributed by atoms with Crippen LogP contribution in [0.2, 0.25) is 5.02 Å². The lowest BCUT2D eigenvalue weighted by molar-refractivity contribution is -0.121. The van der Waals surface area contributed by atoms with Crippen LogP contribution in [0.5, 0.6) is 0 Å². The first-order valence-corrected chi connectivity index (χ1v) is 12.1. The second-order valence-electron chi connectivity index (χ2n) is 8.35. The van der Waals surface area contributed by atoms with Crippen molar-refractivity contribution >= 4 is 33.2 Å². The summed E-state index contributed by atoms with van der Waals surface area (Å²) in [6.07, 6.45) is 0.619. The topological polar surface area (TPSA) is 66.5 Å². The van der Waals surface area contributed by atoms with Gasteiger partial charge in [0.2, 0.25) is 5.91 Å². The summed E-state index contributed by atoms with van der Waals surface area (Å²) in [7, 11) is -3.99. The lowest BCUT2D eigenvalue weighted by atomic mass is 9.95. The van der Waals surface area contributed by atoms with Gasteiger partial charge in [-0.3, -0.25) is 9.10 Å². The van der Waals surface area contributed by atoms with E-state index in [0.29, 0.717) is 17.1 Å². The normalized spacial score (nSPS) is 11.8. The van der Waals surface area contributed by atoms with Crippen LogP contribution in [0.1, 0.15) is 25.0 Å². The first-order valence-electron chi connectivity index (χ1n) is 10.3. The molecule has 168 valence electrons. The third kappa shape index (κ3) is 5.90. The van der Waals surface area contributed by atoms with E-state index in [9.17, 15) is 13.2 Å². The Morgan fingerprint density at radius 2 is 1.53 bits per heavy atom. The number of anilines is 1. The predicted molar refractivity (Wildman–Crippen MR) is 130 cm³/mol. The number of carbonyl (C=O) groups is 1. The van der Waals surface area contributed by atoms with Crippen LogP contribution < -0.4 is 9.62 Å². The fraction of sp³-hybridized carbons (Fsp3) is 0.240. The molecule has 3 rings (SSSR count). The van der Waals surface area contributed by atoms with Crippen molar-refractivity contribution in [3.05, 3.63) is 95.0 Å². The van der Waals surface area contributed by atoms with Gasteiger partial charge in [0, 0.05) is 10.6 Å². The molecule has 0 atom stereocenters. The van der Waals surface area contributed by atoms with Crippen molar-refractivity contribution in [2.45, 2.75) is 37.6 Å². The van der Waals surface area contributed by atoms with E-state index >= 15 is 0 Å². The van der Waals surface area contributed by atoms with Gasteiger partial charge >= 0.3 is 0 Å². The van der Waals surface area contributed by atoms with Gasteiger partial charge in [-0.1, -0.05) is 60.1 Å². The number of nitrogens with one attached hydrogen (secondary N) is 1. The van der Waals surface area contributed by atoms with Gasteiger partial charge in [-0.25, -0.2) is 8.42 Å². The molecular formula is C25H27ClN2O3S. The second-order valence-corrected chi connectivity index (χ2v) is 10.6. The molecule has 1 N–H and O–H groups in total. The molecule has 3 aromatic rings. The number of hydrogen-bond acceptors (Lipinski definition) is 3. The molecule has 7 heteroatoms. The van der Waals surface area contributed by atoms with E-state index in [4.69, 9.17) is 11.6 Å². The number of para-hydroxylation sites is 1. The van der Waals surface area contributed by atoms with Gasteiger partial charge in [-0.05, 0) is 68.7 Å². The predicted octanol–water partition coefficient (Wildman–Crippen LogP) is 4.98. The number of benzene rings is 3. The van der Waals surface area contributed by atoms with Crippen LogP contribution in [0.15, 0.2) is 83.8 Å². The molecule has 0 aromatic heterocycles. The van der Waals surface area contributed by atoms with Gasteiger partial charge in [-0.2, -0.15) is 0 Å². The highest BCUT2D eigenvalue weighted by atomic mass is 35.5. The molecule has 0 saturated heterocycles. The molecule has 0 bridgehead atoms. The molecule has 3 aromatic carbocycles. The number of rotatable bonds is 8. The number of carbonyl (C=O) groups excluding carboxylic acids is 1. The molecule has 5 nitrogen and oxygen atoms in total. The summed E-state index contributed by atoms with van der Waals surface area (Å²) in [5, 5.41) is 3.43. The van der Waals surface area contributed by atoms with Crippen molar-refractivity contribution < 1.29 is 13.2 Å². The van der Waals surface area contributed by atoms with Crippen LogP contribution in [-0.2, 0) is 21.2 Å². The molecule has 0 aliphatic heterocycles. The number of hydrogen-bond donors (Lipinski definition) is 1. The maximum atomic E-state index is 13.5. The Bertz CT molecular complexity index is 1180. The highest BCUT2D eigenvalue weighted by Crippen LogP contribution is 2.27. The quantitative estimate of drug-likeness (QED) is 0.504. The van der Waals surface area contributed by atoms with Crippen LogP contribution in [0.3, 0.4) is 0 Å². The van der Waals surface area contributed by atoms with Gasteiger partial charge in [-0.15, -0.1) is 0 Å². The van der Waals surface area contributed by atoms with Crippen molar-refractivity contribution in [1.29, 1.82) is 0 Å². The summed E-state index contributed by atoms with van der Waals surface area (Å²) in [5.74, 6) is -0.383. The Kier molecular flexibility index (Phi) is 7.26. The second kappa shape index (κ2) is 9.76. The summed E-state index contributed by atoms with van der Waals surface area (Å²) < 4.78 is 28.1. The Hall–Kier alpha value is -2.83. The maximum absolute atomic E-state index is 13.5. The molecule has 0 radical (unpaired) electrons. The van der Waals surface area contributed by atoms with Crippen LogP contribution >= 0.6 is 11.6 Å². The lowest BCUT2D eigenvalue weighted by Gasteiger charge is -2.30. The van der Waals surface area contributed by atoms with E-state index < -0.39 is 15.6 Å². The first kappa shape index (κ1) is 23.8. The Morgan fingerprint density at radius 1 is 0.938 bits per heavy atom. The molecular weight excluding hydrogens is 444 g/mol. The molecule has 1 amide bonds. The smallest absolute Gasteiger partial charge is 0.264 e. The molecule has 0 aliphatic carbocycles. The van der Waals surface area contributed by atoms with Crippen molar-refractivity contribution in [2.75, 3.05) is 10.8 Å². The summed E-state index contributed by atoms with van der Waals surface area (Å²) in [5.41, 5.74) is 1.74. The highest BCUT2D eigenvalue weighted by Gasteiger charge is 2.30. The van der Waals surface area contributed by atoms with Gasteiger partial charge in [0.1, 0.15) is 6.54 Å². The van der Waals surface area contributed by atoms with Crippen molar-refractivity contribution in [3.63, 3.8) is 0 Å². The third-order valence-corrected chi connectivity index (χ3v) is 7.07. The summed E-state index contributed by atoms with van der Waals surface area (Å²) in [4.78, 5) is 13.1. The molecule has 32 heavy (non-hydrogen) atoms. The molecule has 0 saturated carbocycles. The van der Waals surface area contributed by atoms with Gasteiger partial charge in [0.05, 0.1) is 10.6 Å². The number of nitrogens with zero attached hydrogens (tertiary/aromatic N) is 1. The van der Waals surface area contributed by atoms with E-state index in [-0.39, 0.29) is 17.3 Å². The largest absolute Gasteiger partial charge is 0.349 e. The zero-order valence-electron chi connectivity index (χ0n) is 18.4. The number of aryl methyl sites for hydroxylation is 1. The number of sulfonamides is 1. The minimum Gasteiger partial charge on any atom is -0.349 e. The molecule has 0 unspecified atom stereocenters. The number of halogens is 1. The average molecular weight is 471 g/mol. The zero-order valence-corrected chi connectivity index (χ0v) is 20.0. The Balaban J connectivity index is 1.88. The minimum atomic E-state index is -3.99. The Labute approximate surface area is 195 Å². The van der Waals surface area contributed by atoms with Crippen LogP contribution in [0.25, 0.3) is 0 Å². The van der Waals surface area contributed by atoms with Crippen molar-refractivity contribution in [3.8, 4) is 0 Å². The fourth-order valence-corrected chi connectivity index (χ4v) is 5.19. The standard InChI is InChI=1S/C25H27ClN2O3S/c1-19-9-7-8-12-23(19)28(32(30,31)22-15-13-21(26)14-16-22)18-24(29)27-25(2,3)17-20-10-5-4-6-11-20/h4-16H,17-18H2,1-3H3,(H,27,29). The average Bonchev–Trinajstić information content (AvgIpc) is 2.73. The van der Waals surface area contributed by atoms with Crippen LogP contribution in [0.4, 0.5) is 5.69 Å². The van der Waals surface area contributed by atoms with E-state index in [2.05, 4.69) is 5.32 Å². The van der Waals surface area contributed by atoms with Crippen molar-refractivity contribution in [1.82, 2.24) is 5.32 Å². The van der Waals surface area contributed by atoms with Crippen molar-refractivity contribution in [2.24, 2.45) is 0 Å². The lowest BCUT2D eigenvalue weighted by Crippen LogP contribution is -2.50. The summed E-state index contributed by atoms with van der Waals surface area (Å²) in [6, 6.07) is 22.9. The summed E-state index contributed by atoms with van der Waals surface area (Å²) >= 11 is 5.93. The maximum Gasteiger partial charge on any atom is 0.264 e. The first-order chi connectivity index (χ1) is 15.1. The Morgan fingerprint density at radius 3 is 2.16 bits per heavy atom. The van der Waals surface area contributed by atoms with E-state index in [1.165, 1.54) is 24.3 Å². The zero-order chi connectivity index (χ0) is 23.4. The number of amides is 1. The molecule has 0 heterocycles. The SMILES string of the molecule is Cc1ccccc1N(CC(=O)NC(C)(C)Cc1ccccc1)S(=O)(=O)c1ccc(Cl)cc1. The highest BCUT2D eigenvalue weighted by molar-refractivity contribution is 7.92. The van der Waals surface area contributed by atoms with Crippen LogP contribution in [-0.4, -0.2) is 26.4 Å². The van der Waals surface area contributed by atoms with E-state index in [1.807, 2.05) is 63.2 Å². The molecule has 0 spiro atoms. The van der Waals surface area contributed by atoms with E-state index in [0.717, 1.165) is 15.4 Å². The molecule has 0 aliphatic rings. The van der Waals surface area contributed by atoms with Gasteiger partial charge in [0.25, 0.3) is 10.0 Å². The van der Waals surface area contributed by atoms with Gasteiger partial charge in [0.15, 0.2) is 0 Å². The minimum absolute atomic E-state index is 0.0708. The van der Waals surface area contributed by atoms with Gasteiger partial charge < -0.3 is 5.32 Å². The van der Waals surface area contributed by atoms with Crippen LogP contribution in [0, 0.1) is 6.92 Å². The fourth-order valence-electron chi connectivity index (χ4n) is 3.57. The third-order valence-electron chi connectivity index (χ3n) is 5.04. The van der Waals surface area contributed by atoms with E-state index in [1.54, 1.807) is 12.1 Å². The molecule has 0 fully saturated rings.